The summed E-state index contributed by atoms with van der Waals surface area (Å²) in [7, 11) is 0. The molecule has 2 heterocycles. The summed E-state index contributed by atoms with van der Waals surface area (Å²) in [4.78, 5) is 25.1. The standard InChI is InChI=1S/C22H21N3O/c1-2-3-4-12-20(26)17-10-7-11-18-21(17)25-22(24-18)19-13-15-8-5-6-9-16(15)14-23-19/h5-11,13-14H,2-4,12H2,1H3,(H,24,25). The number of carbonyl (C=O) groups is 1. The van der Waals surface area contributed by atoms with Crippen LogP contribution in [0.15, 0.2) is 54.7 Å². The van der Waals surface area contributed by atoms with Crippen LogP contribution in [0.5, 0.6) is 0 Å². The van der Waals surface area contributed by atoms with Crippen LogP contribution >= 0.6 is 0 Å². The van der Waals surface area contributed by atoms with Crippen molar-refractivity contribution in [2.45, 2.75) is 32.6 Å². The molecule has 4 nitrogen and oxygen atoms in total. The highest BCUT2D eigenvalue weighted by Gasteiger charge is 2.14. The van der Waals surface area contributed by atoms with Crippen molar-refractivity contribution in [3.8, 4) is 11.5 Å². The van der Waals surface area contributed by atoms with Crippen LogP contribution in [0.4, 0.5) is 0 Å². The second-order valence-corrected chi connectivity index (χ2v) is 6.58. The smallest absolute Gasteiger partial charge is 0.165 e. The zero-order valence-electron chi connectivity index (χ0n) is 14.8. The number of pyridine rings is 1. The van der Waals surface area contributed by atoms with E-state index in [2.05, 4.69) is 23.0 Å². The number of para-hydroxylation sites is 1. The van der Waals surface area contributed by atoms with E-state index in [0.29, 0.717) is 17.8 Å². The van der Waals surface area contributed by atoms with Crippen LogP contribution in [-0.4, -0.2) is 20.7 Å². The number of aromatic nitrogens is 3. The zero-order chi connectivity index (χ0) is 17.9. The Balaban J connectivity index is 1.72. The number of H-pyrrole nitrogens is 1. The van der Waals surface area contributed by atoms with Crippen molar-refractivity contribution in [2.75, 3.05) is 0 Å². The third-order valence-corrected chi connectivity index (χ3v) is 4.69. The van der Waals surface area contributed by atoms with Gasteiger partial charge in [0.15, 0.2) is 11.6 Å². The molecule has 2 aromatic heterocycles. The lowest BCUT2D eigenvalue weighted by molar-refractivity contribution is 0.0981. The molecule has 0 radical (unpaired) electrons. The fraction of sp³-hybridized carbons (Fsp3) is 0.227. The summed E-state index contributed by atoms with van der Waals surface area (Å²) in [6.07, 6.45) is 5.54. The van der Waals surface area contributed by atoms with Crippen molar-refractivity contribution in [3.63, 3.8) is 0 Å². The monoisotopic (exact) mass is 343 g/mol. The van der Waals surface area contributed by atoms with Crippen LogP contribution in [0.2, 0.25) is 0 Å². The first-order chi connectivity index (χ1) is 12.8. The largest absolute Gasteiger partial charge is 0.337 e. The van der Waals surface area contributed by atoms with Crippen molar-refractivity contribution >= 4 is 27.6 Å². The summed E-state index contributed by atoms with van der Waals surface area (Å²) >= 11 is 0. The summed E-state index contributed by atoms with van der Waals surface area (Å²) in [5, 5.41) is 2.22. The Bertz CT molecular complexity index is 1080. The number of hydrogen-bond acceptors (Lipinski definition) is 3. The number of aromatic amines is 1. The molecule has 2 aromatic carbocycles. The van der Waals surface area contributed by atoms with Crippen LogP contribution in [-0.2, 0) is 0 Å². The zero-order valence-corrected chi connectivity index (χ0v) is 14.8. The predicted molar refractivity (Wildman–Crippen MR) is 105 cm³/mol. The van der Waals surface area contributed by atoms with E-state index in [1.54, 1.807) is 0 Å². The molecule has 4 aromatic rings. The highest BCUT2D eigenvalue weighted by molar-refractivity contribution is 6.06. The number of benzene rings is 2. The summed E-state index contributed by atoms with van der Waals surface area (Å²) in [6.45, 7) is 2.14. The maximum absolute atomic E-state index is 12.6. The van der Waals surface area contributed by atoms with Gasteiger partial charge in [-0.1, -0.05) is 50.1 Å². The van der Waals surface area contributed by atoms with Crippen molar-refractivity contribution in [1.82, 2.24) is 15.0 Å². The maximum Gasteiger partial charge on any atom is 0.165 e. The molecule has 0 aliphatic heterocycles. The van der Waals surface area contributed by atoms with E-state index >= 15 is 0 Å². The second kappa shape index (κ2) is 7.08. The molecule has 0 saturated heterocycles. The number of ketones is 1. The van der Waals surface area contributed by atoms with Crippen LogP contribution in [0.3, 0.4) is 0 Å². The molecule has 0 atom stereocenters. The molecule has 0 bridgehead atoms. The lowest BCUT2D eigenvalue weighted by Crippen LogP contribution is -2.00. The molecule has 1 N–H and O–H groups in total. The molecule has 26 heavy (non-hydrogen) atoms. The average molecular weight is 343 g/mol. The number of unbranched alkanes of at least 4 members (excludes halogenated alkanes) is 2. The van der Waals surface area contributed by atoms with Gasteiger partial charge in [0.05, 0.1) is 11.0 Å². The number of nitrogens with one attached hydrogen (secondary N) is 1. The number of imidazole rings is 1. The number of rotatable bonds is 6. The highest BCUT2D eigenvalue weighted by Crippen LogP contribution is 2.25. The third-order valence-electron chi connectivity index (χ3n) is 4.69. The van der Waals surface area contributed by atoms with E-state index in [9.17, 15) is 4.79 Å². The summed E-state index contributed by atoms with van der Waals surface area (Å²) in [6, 6.07) is 15.9. The van der Waals surface area contributed by atoms with E-state index in [1.807, 2.05) is 48.7 Å². The Hall–Kier alpha value is -3.01. The Kier molecular flexibility index (Phi) is 4.48. The minimum absolute atomic E-state index is 0.161. The van der Waals surface area contributed by atoms with Gasteiger partial charge in [0, 0.05) is 23.6 Å². The average Bonchev–Trinajstić information content (AvgIpc) is 3.12. The molecule has 0 saturated carbocycles. The number of carbonyl (C=O) groups excluding carboxylic acids is 1. The van der Waals surface area contributed by atoms with Crippen molar-refractivity contribution in [3.05, 3.63) is 60.3 Å². The van der Waals surface area contributed by atoms with Gasteiger partial charge in [0.2, 0.25) is 0 Å². The Morgan fingerprint density at radius 2 is 1.88 bits per heavy atom. The van der Waals surface area contributed by atoms with Gasteiger partial charge in [-0.3, -0.25) is 9.78 Å². The van der Waals surface area contributed by atoms with Crippen molar-refractivity contribution in [1.29, 1.82) is 0 Å². The van der Waals surface area contributed by atoms with E-state index in [0.717, 1.165) is 46.8 Å². The second-order valence-electron chi connectivity index (χ2n) is 6.58. The minimum Gasteiger partial charge on any atom is -0.337 e. The normalized spacial score (nSPS) is 11.3. The van der Waals surface area contributed by atoms with Gasteiger partial charge in [0.1, 0.15) is 5.69 Å². The Morgan fingerprint density at radius 3 is 2.73 bits per heavy atom. The molecule has 0 aliphatic carbocycles. The molecular weight excluding hydrogens is 322 g/mol. The van der Waals surface area contributed by atoms with Gasteiger partial charge >= 0.3 is 0 Å². The van der Waals surface area contributed by atoms with Gasteiger partial charge in [-0.2, -0.15) is 0 Å². The maximum atomic E-state index is 12.6. The molecular formula is C22H21N3O. The van der Waals surface area contributed by atoms with Crippen LogP contribution in [0.1, 0.15) is 43.0 Å². The number of nitrogens with zero attached hydrogens (tertiary/aromatic N) is 2. The first-order valence-electron chi connectivity index (χ1n) is 9.13. The summed E-state index contributed by atoms with van der Waals surface area (Å²) in [5.74, 6) is 0.855. The van der Waals surface area contributed by atoms with Gasteiger partial charge < -0.3 is 4.98 Å². The predicted octanol–water partition coefficient (Wildman–Crippen LogP) is 5.54. The van der Waals surface area contributed by atoms with E-state index in [4.69, 9.17) is 4.98 Å². The SMILES string of the molecule is CCCCCC(=O)c1cccc2[nH]c(-c3cc4ccccc4cn3)nc12. The van der Waals surface area contributed by atoms with Crippen LogP contribution in [0.25, 0.3) is 33.3 Å². The molecule has 0 spiro atoms. The van der Waals surface area contributed by atoms with Gasteiger partial charge in [-0.05, 0) is 30.0 Å². The quantitative estimate of drug-likeness (QED) is 0.369. The molecule has 0 aliphatic rings. The number of hydrogen-bond donors (Lipinski definition) is 1. The van der Waals surface area contributed by atoms with Gasteiger partial charge in [0.25, 0.3) is 0 Å². The highest BCUT2D eigenvalue weighted by atomic mass is 16.1. The number of fused-ring (bicyclic) bond motifs is 2. The fourth-order valence-electron chi connectivity index (χ4n) is 3.26. The van der Waals surface area contributed by atoms with Gasteiger partial charge in [-0.25, -0.2) is 4.98 Å². The van der Waals surface area contributed by atoms with E-state index in [1.165, 1.54) is 0 Å². The fourth-order valence-corrected chi connectivity index (χ4v) is 3.26. The minimum atomic E-state index is 0.161. The molecule has 0 fully saturated rings. The molecule has 0 unspecified atom stereocenters. The van der Waals surface area contributed by atoms with Gasteiger partial charge in [-0.15, -0.1) is 0 Å². The number of Topliss-reactive ketones (excluding diaryl/α,β-unsaturated/α-hetero) is 1. The van der Waals surface area contributed by atoms with E-state index < -0.39 is 0 Å². The first-order valence-corrected chi connectivity index (χ1v) is 9.13. The van der Waals surface area contributed by atoms with E-state index in [-0.39, 0.29) is 5.78 Å². The molecule has 4 heteroatoms. The summed E-state index contributed by atoms with van der Waals surface area (Å²) < 4.78 is 0. The first kappa shape index (κ1) is 16.5. The summed E-state index contributed by atoms with van der Waals surface area (Å²) in [5.41, 5.74) is 3.08. The lowest BCUT2D eigenvalue weighted by Gasteiger charge is -2.01. The topological polar surface area (TPSA) is 58.6 Å². The molecule has 0 amide bonds. The Labute approximate surface area is 152 Å². The van der Waals surface area contributed by atoms with Crippen molar-refractivity contribution in [2.24, 2.45) is 0 Å². The third kappa shape index (κ3) is 3.10. The molecule has 4 rings (SSSR count). The van der Waals surface area contributed by atoms with Crippen LogP contribution in [0, 0.1) is 0 Å². The Morgan fingerprint density at radius 1 is 1.04 bits per heavy atom. The lowest BCUT2D eigenvalue weighted by atomic mass is 10.0. The van der Waals surface area contributed by atoms with Crippen molar-refractivity contribution < 1.29 is 4.79 Å². The molecule has 130 valence electrons. The van der Waals surface area contributed by atoms with Crippen LogP contribution < -0.4 is 0 Å².